The topological polar surface area (TPSA) is 44.1 Å². The molecule has 0 aliphatic rings. The molecular formula is C11H12N2O. The van der Waals surface area contributed by atoms with Crippen molar-refractivity contribution in [3.05, 3.63) is 29.3 Å². The lowest BCUT2D eigenvalue weighted by atomic mass is 10.1. The number of nitrogens with zero attached hydrogens (tertiary/aromatic N) is 2. The molecule has 3 nitrogen and oxygen atoms in total. The summed E-state index contributed by atoms with van der Waals surface area (Å²) in [6, 6.07) is 7.24. The Bertz CT molecular complexity index is 404. The zero-order chi connectivity index (χ0) is 10.7. The van der Waals surface area contributed by atoms with Crippen molar-refractivity contribution in [2.45, 2.75) is 13.8 Å². The van der Waals surface area contributed by atoms with E-state index in [2.05, 4.69) is 0 Å². The Morgan fingerprint density at radius 1 is 1.36 bits per heavy atom. The molecule has 0 heterocycles. The number of amides is 1. The van der Waals surface area contributed by atoms with E-state index in [9.17, 15) is 4.79 Å². The van der Waals surface area contributed by atoms with Gasteiger partial charge in [0, 0.05) is 12.7 Å². The van der Waals surface area contributed by atoms with Crippen LogP contribution in [0.15, 0.2) is 18.2 Å². The molecule has 0 N–H and O–H groups in total. The van der Waals surface area contributed by atoms with Crippen LogP contribution in [0.25, 0.3) is 0 Å². The lowest BCUT2D eigenvalue weighted by Gasteiger charge is -2.14. The van der Waals surface area contributed by atoms with E-state index in [1.807, 2.05) is 32.0 Å². The van der Waals surface area contributed by atoms with Crippen LogP contribution in [0.1, 0.15) is 11.1 Å². The van der Waals surface area contributed by atoms with Crippen molar-refractivity contribution in [2.24, 2.45) is 0 Å². The molecule has 1 rings (SSSR count). The quantitative estimate of drug-likeness (QED) is 0.630. The first-order valence-electron chi connectivity index (χ1n) is 4.31. The summed E-state index contributed by atoms with van der Waals surface area (Å²) >= 11 is 0. The first kappa shape index (κ1) is 10.3. The lowest BCUT2D eigenvalue weighted by Crippen LogP contribution is -2.24. The number of benzene rings is 1. The first-order valence-corrected chi connectivity index (χ1v) is 4.31. The minimum absolute atomic E-state index is 0.548. The Labute approximate surface area is 83.6 Å². The monoisotopic (exact) mass is 188 g/mol. The van der Waals surface area contributed by atoms with Crippen molar-refractivity contribution in [1.29, 1.82) is 5.26 Å². The first-order chi connectivity index (χ1) is 6.56. The van der Waals surface area contributed by atoms with Crippen LogP contribution < -0.4 is 4.90 Å². The van der Waals surface area contributed by atoms with Gasteiger partial charge in [-0.15, -0.1) is 0 Å². The molecular weight excluding hydrogens is 176 g/mol. The van der Waals surface area contributed by atoms with Gasteiger partial charge in [-0.1, -0.05) is 6.07 Å². The minimum Gasteiger partial charge on any atom is -0.303 e. The summed E-state index contributed by atoms with van der Waals surface area (Å²) in [6.07, 6.45) is 0. The van der Waals surface area contributed by atoms with E-state index in [4.69, 9.17) is 5.26 Å². The van der Waals surface area contributed by atoms with Gasteiger partial charge in [0.1, 0.15) is 0 Å². The molecule has 0 unspecified atom stereocenters. The Kier molecular flexibility index (Phi) is 2.88. The third-order valence-electron chi connectivity index (χ3n) is 2.28. The molecule has 0 spiro atoms. The third kappa shape index (κ3) is 1.91. The lowest BCUT2D eigenvalue weighted by molar-refractivity contribution is -0.113. The van der Waals surface area contributed by atoms with Crippen LogP contribution in [0.4, 0.5) is 5.69 Å². The molecule has 0 aromatic heterocycles. The van der Waals surface area contributed by atoms with Crippen molar-refractivity contribution < 1.29 is 4.79 Å². The van der Waals surface area contributed by atoms with E-state index >= 15 is 0 Å². The standard InChI is InChI=1S/C11H12N2O/c1-8-4-5-10(6-9(8)2)13(3)11(14)7-12/h4-6H,1-3H3. The second kappa shape index (κ2) is 3.93. The third-order valence-corrected chi connectivity index (χ3v) is 2.28. The second-order valence-corrected chi connectivity index (χ2v) is 3.24. The van der Waals surface area contributed by atoms with Gasteiger partial charge in [-0.2, -0.15) is 5.26 Å². The average molecular weight is 188 g/mol. The number of hydrogen-bond acceptors (Lipinski definition) is 2. The highest BCUT2D eigenvalue weighted by Crippen LogP contribution is 2.17. The van der Waals surface area contributed by atoms with Gasteiger partial charge in [-0.25, -0.2) is 0 Å². The van der Waals surface area contributed by atoms with Gasteiger partial charge in [0.25, 0.3) is 0 Å². The highest BCUT2D eigenvalue weighted by Gasteiger charge is 2.09. The van der Waals surface area contributed by atoms with Crippen LogP contribution in [0.5, 0.6) is 0 Å². The summed E-state index contributed by atoms with van der Waals surface area (Å²) in [7, 11) is 1.59. The molecule has 1 aromatic carbocycles. The maximum absolute atomic E-state index is 11.1. The molecule has 0 saturated carbocycles. The Hall–Kier alpha value is -1.82. The van der Waals surface area contributed by atoms with Crippen molar-refractivity contribution in [3.63, 3.8) is 0 Å². The van der Waals surface area contributed by atoms with E-state index in [1.54, 1.807) is 13.1 Å². The SMILES string of the molecule is Cc1ccc(N(C)C(=O)C#N)cc1C. The van der Waals surface area contributed by atoms with Crippen LogP contribution in [0.2, 0.25) is 0 Å². The number of carbonyl (C=O) groups is 1. The summed E-state index contributed by atoms with van der Waals surface area (Å²) in [5.41, 5.74) is 3.03. The van der Waals surface area contributed by atoms with Crippen LogP contribution in [0.3, 0.4) is 0 Å². The van der Waals surface area contributed by atoms with E-state index in [-0.39, 0.29) is 0 Å². The largest absolute Gasteiger partial charge is 0.329 e. The van der Waals surface area contributed by atoms with Gasteiger partial charge in [0.05, 0.1) is 0 Å². The molecule has 0 radical (unpaired) electrons. The zero-order valence-electron chi connectivity index (χ0n) is 8.53. The summed E-state index contributed by atoms with van der Waals surface area (Å²) in [5, 5.41) is 8.45. The summed E-state index contributed by atoms with van der Waals surface area (Å²) < 4.78 is 0. The number of aryl methyl sites for hydroxylation is 2. The van der Waals surface area contributed by atoms with Gasteiger partial charge in [0.2, 0.25) is 0 Å². The molecule has 72 valence electrons. The summed E-state index contributed by atoms with van der Waals surface area (Å²) in [4.78, 5) is 12.4. The molecule has 1 aromatic rings. The molecule has 1 amide bonds. The van der Waals surface area contributed by atoms with Gasteiger partial charge < -0.3 is 4.90 Å². The molecule has 0 aliphatic heterocycles. The Balaban J connectivity index is 3.04. The number of nitriles is 1. The van der Waals surface area contributed by atoms with Crippen LogP contribution in [-0.4, -0.2) is 13.0 Å². The smallest absolute Gasteiger partial charge is 0.303 e. The highest BCUT2D eigenvalue weighted by atomic mass is 16.2. The Morgan fingerprint density at radius 2 is 2.00 bits per heavy atom. The van der Waals surface area contributed by atoms with Gasteiger partial charge in [-0.05, 0) is 37.1 Å². The molecule has 0 bridgehead atoms. The van der Waals surface area contributed by atoms with Gasteiger partial charge >= 0.3 is 5.91 Å². The molecule has 0 atom stereocenters. The zero-order valence-corrected chi connectivity index (χ0v) is 8.53. The Morgan fingerprint density at radius 3 is 2.50 bits per heavy atom. The molecule has 3 heteroatoms. The summed E-state index contributed by atoms with van der Waals surface area (Å²) in [5.74, 6) is -0.548. The van der Waals surface area contributed by atoms with Crippen molar-refractivity contribution in [1.82, 2.24) is 0 Å². The molecule has 0 saturated heterocycles. The maximum atomic E-state index is 11.1. The van der Waals surface area contributed by atoms with E-state index in [1.165, 1.54) is 10.5 Å². The fourth-order valence-electron chi connectivity index (χ4n) is 1.13. The van der Waals surface area contributed by atoms with E-state index < -0.39 is 5.91 Å². The second-order valence-electron chi connectivity index (χ2n) is 3.24. The minimum atomic E-state index is -0.548. The number of carbonyl (C=O) groups excluding carboxylic acids is 1. The number of anilines is 1. The van der Waals surface area contributed by atoms with Crippen molar-refractivity contribution in [3.8, 4) is 6.07 Å². The predicted octanol–water partition coefficient (Wildman–Crippen LogP) is 1.79. The van der Waals surface area contributed by atoms with E-state index in [0.717, 1.165) is 11.3 Å². The van der Waals surface area contributed by atoms with Crippen LogP contribution in [0, 0.1) is 25.2 Å². The average Bonchev–Trinajstić information content (AvgIpc) is 2.20. The van der Waals surface area contributed by atoms with E-state index in [0.29, 0.717) is 0 Å². The van der Waals surface area contributed by atoms with Gasteiger partial charge in [-0.3, -0.25) is 4.79 Å². The summed E-state index contributed by atoms with van der Waals surface area (Å²) in [6.45, 7) is 3.98. The predicted molar refractivity (Wildman–Crippen MR) is 54.9 cm³/mol. The molecule has 0 aliphatic carbocycles. The number of rotatable bonds is 1. The fourth-order valence-corrected chi connectivity index (χ4v) is 1.13. The maximum Gasteiger partial charge on any atom is 0.329 e. The molecule has 14 heavy (non-hydrogen) atoms. The number of hydrogen-bond donors (Lipinski definition) is 0. The fraction of sp³-hybridized carbons (Fsp3) is 0.273. The normalized spacial score (nSPS) is 9.29. The van der Waals surface area contributed by atoms with Crippen molar-refractivity contribution >= 4 is 11.6 Å². The molecule has 0 fully saturated rings. The van der Waals surface area contributed by atoms with Gasteiger partial charge in [0.15, 0.2) is 6.07 Å². The van der Waals surface area contributed by atoms with Crippen LogP contribution in [-0.2, 0) is 4.79 Å². The van der Waals surface area contributed by atoms with Crippen LogP contribution >= 0.6 is 0 Å². The highest BCUT2D eigenvalue weighted by molar-refractivity contribution is 6.03. The van der Waals surface area contributed by atoms with Crippen molar-refractivity contribution in [2.75, 3.05) is 11.9 Å².